The van der Waals surface area contributed by atoms with E-state index in [0.717, 1.165) is 12.4 Å². The summed E-state index contributed by atoms with van der Waals surface area (Å²) in [5.41, 5.74) is 2.47. The lowest BCUT2D eigenvalue weighted by Gasteiger charge is -2.17. The van der Waals surface area contributed by atoms with Crippen molar-refractivity contribution in [3.63, 3.8) is 0 Å². The summed E-state index contributed by atoms with van der Waals surface area (Å²) in [6, 6.07) is 8.76. The summed E-state index contributed by atoms with van der Waals surface area (Å²) in [4.78, 5) is 0. The molecular weight excluding hydrogens is 238 g/mol. The van der Waals surface area contributed by atoms with Gasteiger partial charge in [-0.15, -0.1) is 5.10 Å². The monoisotopic (exact) mass is 259 g/mol. The van der Waals surface area contributed by atoms with Crippen LogP contribution in [0.4, 0.5) is 0 Å². The molecule has 5 nitrogen and oxygen atoms in total. The fourth-order valence-corrected chi connectivity index (χ4v) is 2.15. The molecule has 0 aliphatic heterocycles. The first-order valence-corrected chi connectivity index (χ1v) is 6.71. The maximum Gasteiger partial charge on any atom is 0.168 e. The molecule has 1 aromatic carbocycles. The van der Waals surface area contributed by atoms with Gasteiger partial charge < -0.3 is 5.32 Å². The van der Waals surface area contributed by atoms with E-state index >= 15 is 0 Å². The molecule has 0 amide bonds. The van der Waals surface area contributed by atoms with E-state index in [2.05, 4.69) is 72.8 Å². The number of benzene rings is 1. The predicted octanol–water partition coefficient (Wildman–Crippen LogP) is 2.26. The molecule has 0 saturated carbocycles. The molecule has 2 aromatic rings. The summed E-state index contributed by atoms with van der Waals surface area (Å²) in [7, 11) is 0. The number of nitrogens with zero attached hydrogens (tertiary/aromatic N) is 4. The second-order valence-corrected chi connectivity index (χ2v) is 4.85. The van der Waals surface area contributed by atoms with Crippen molar-refractivity contribution in [1.82, 2.24) is 25.5 Å². The van der Waals surface area contributed by atoms with Crippen LogP contribution in [0.3, 0.4) is 0 Å². The maximum atomic E-state index is 4.14. The van der Waals surface area contributed by atoms with Crippen LogP contribution in [0, 0.1) is 6.92 Å². The lowest BCUT2D eigenvalue weighted by Crippen LogP contribution is -2.23. The van der Waals surface area contributed by atoms with Crippen LogP contribution in [-0.2, 0) is 0 Å². The molecule has 0 spiro atoms. The van der Waals surface area contributed by atoms with Gasteiger partial charge in [-0.2, -0.15) is 0 Å². The average molecular weight is 259 g/mol. The second-order valence-electron chi connectivity index (χ2n) is 4.85. The van der Waals surface area contributed by atoms with Crippen molar-refractivity contribution in [2.45, 2.75) is 39.8 Å². The summed E-state index contributed by atoms with van der Waals surface area (Å²) in [5.74, 6) is 0.870. The van der Waals surface area contributed by atoms with Crippen LogP contribution in [-0.4, -0.2) is 26.8 Å². The van der Waals surface area contributed by atoms with Gasteiger partial charge in [0.05, 0.1) is 12.1 Å². The molecule has 1 heterocycles. The number of nitrogens with one attached hydrogen (secondary N) is 1. The first-order chi connectivity index (χ1) is 9.13. The number of tetrazole rings is 1. The summed E-state index contributed by atoms with van der Waals surface area (Å²) < 4.78 is 1.89. The van der Waals surface area contributed by atoms with Gasteiger partial charge in [-0.05, 0) is 43.3 Å². The number of aryl methyl sites for hydroxylation is 1. The zero-order chi connectivity index (χ0) is 13.8. The van der Waals surface area contributed by atoms with E-state index < -0.39 is 0 Å². The molecule has 2 rings (SSSR count). The Morgan fingerprint density at radius 3 is 2.53 bits per heavy atom. The van der Waals surface area contributed by atoms with Gasteiger partial charge in [-0.3, -0.25) is 0 Å². The van der Waals surface area contributed by atoms with E-state index in [1.165, 1.54) is 11.1 Å². The van der Waals surface area contributed by atoms with E-state index in [1.54, 1.807) is 0 Å². The van der Waals surface area contributed by atoms with Crippen molar-refractivity contribution >= 4 is 0 Å². The number of hydrogen-bond donors (Lipinski definition) is 1. The summed E-state index contributed by atoms with van der Waals surface area (Å²) in [6.45, 7) is 9.25. The Morgan fingerprint density at radius 1 is 1.21 bits per heavy atom. The van der Waals surface area contributed by atoms with Crippen molar-refractivity contribution in [2.75, 3.05) is 6.54 Å². The zero-order valence-corrected chi connectivity index (χ0v) is 12.0. The third-order valence-corrected chi connectivity index (χ3v) is 3.34. The molecule has 1 N–H and O–H groups in total. The zero-order valence-electron chi connectivity index (χ0n) is 12.0. The first kappa shape index (κ1) is 13.7. The smallest absolute Gasteiger partial charge is 0.168 e. The van der Waals surface area contributed by atoms with Gasteiger partial charge in [0.25, 0.3) is 0 Å². The van der Waals surface area contributed by atoms with Crippen LogP contribution in [0.2, 0.25) is 0 Å². The Labute approximate surface area is 114 Å². The molecule has 0 aliphatic carbocycles. The SMILES string of the molecule is CCNC(C)c1nnnn1C(C)c1ccc(C)cc1. The minimum absolute atomic E-state index is 0.131. The Hall–Kier alpha value is -1.75. The summed E-state index contributed by atoms with van der Waals surface area (Å²) in [5, 5.41) is 15.4. The molecule has 2 unspecified atom stereocenters. The number of aromatic nitrogens is 4. The highest BCUT2D eigenvalue weighted by molar-refractivity contribution is 5.24. The summed E-state index contributed by atoms with van der Waals surface area (Å²) >= 11 is 0. The van der Waals surface area contributed by atoms with Crippen LogP contribution in [0.15, 0.2) is 24.3 Å². The molecule has 102 valence electrons. The predicted molar refractivity (Wildman–Crippen MR) is 74.9 cm³/mol. The van der Waals surface area contributed by atoms with Crippen LogP contribution < -0.4 is 5.32 Å². The molecule has 5 heteroatoms. The topological polar surface area (TPSA) is 55.6 Å². The van der Waals surface area contributed by atoms with Gasteiger partial charge in [0, 0.05) is 0 Å². The standard InChI is InChI=1S/C14H21N5/c1-5-15-11(3)14-16-17-18-19(14)12(4)13-8-6-10(2)7-9-13/h6-9,11-12,15H,5H2,1-4H3. The highest BCUT2D eigenvalue weighted by Crippen LogP contribution is 2.20. The van der Waals surface area contributed by atoms with Crippen LogP contribution >= 0.6 is 0 Å². The Balaban J connectivity index is 2.26. The molecule has 0 fully saturated rings. The normalized spacial score (nSPS) is 14.3. The van der Waals surface area contributed by atoms with Crippen molar-refractivity contribution in [3.8, 4) is 0 Å². The van der Waals surface area contributed by atoms with Gasteiger partial charge in [0.15, 0.2) is 5.82 Å². The Bertz CT molecular complexity index is 517. The third kappa shape index (κ3) is 2.98. The highest BCUT2D eigenvalue weighted by atomic mass is 15.6. The lowest BCUT2D eigenvalue weighted by molar-refractivity contribution is 0.471. The highest BCUT2D eigenvalue weighted by Gasteiger charge is 2.18. The van der Waals surface area contributed by atoms with E-state index in [4.69, 9.17) is 0 Å². The van der Waals surface area contributed by atoms with Gasteiger partial charge in [0.2, 0.25) is 0 Å². The number of hydrogen-bond acceptors (Lipinski definition) is 4. The van der Waals surface area contributed by atoms with Crippen molar-refractivity contribution in [3.05, 3.63) is 41.2 Å². The largest absolute Gasteiger partial charge is 0.308 e. The Kier molecular flexibility index (Phi) is 4.27. The molecule has 0 aliphatic rings. The quantitative estimate of drug-likeness (QED) is 0.895. The molecule has 1 aromatic heterocycles. The minimum Gasteiger partial charge on any atom is -0.308 e. The maximum absolute atomic E-state index is 4.14. The van der Waals surface area contributed by atoms with Crippen molar-refractivity contribution in [1.29, 1.82) is 0 Å². The van der Waals surface area contributed by atoms with E-state index in [-0.39, 0.29) is 12.1 Å². The van der Waals surface area contributed by atoms with Gasteiger partial charge >= 0.3 is 0 Å². The van der Waals surface area contributed by atoms with E-state index in [1.807, 2.05) is 4.68 Å². The first-order valence-electron chi connectivity index (χ1n) is 6.71. The average Bonchev–Trinajstić information content (AvgIpc) is 2.88. The fourth-order valence-electron chi connectivity index (χ4n) is 2.15. The number of rotatable bonds is 5. The second kappa shape index (κ2) is 5.93. The van der Waals surface area contributed by atoms with Gasteiger partial charge in [0.1, 0.15) is 0 Å². The molecule has 19 heavy (non-hydrogen) atoms. The molecule has 0 saturated heterocycles. The van der Waals surface area contributed by atoms with Gasteiger partial charge in [-0.1, -0.05) is 36.8 Å². The van der Waals surface area contributed by atoms with Crippen LogP contribution in [0.5, 0.6) is 0 Å². The van der Waals surface area contributed by atoms with E-state index in [9.17, 15) is 0 Å². The Morgan fingerprint density at radius 2 is 1.89 bits per heavy atom. The molecular formula is C14H21N5. The van der Waals surface area contributed by atoms with Crippen molar-refractivity contribution < 1.29 is 0 Å². The third-order valence-electron chi connectivity index (χ3n) is 3.34. The molecule has 0 radical (unpaired) electrons. The minimum atomic E-state index is 0.131. The molecule has 0 bridgehead atoms. The van der Waals surface area contributed by atoms with Gasteiger partial charge in [-0.25, -0.2) is 4.68 Å². The molecule has 2 atom stereocenters. The van der Waals surface area contributed by atoms with Crippen molar-refractivity contribution in [2.24, 2.45) is 0 Å². The van der Waals surface area contributed by atoms with Crippen LogP contribution in [0.1, 0.15) is 49.8 Å². The summed E-state index contributed by atoms with van der Waals surface area (Å²) in [6.07, 6.45) is 0. The van der Waals surface area contributed by atoms with Crippen LogP contribution in [0.25, 0.3) is 0 Å². The fraction of sp³-hybridized carbons (Fsp3) is 0.500. The van der Waals surface area contributed by atoms with E-state index in [0.29, 0.717) is 0 Å². The lowest BCUT2D eigenvalue weighted by atomic mass is 10.1.